The van der Waals surface area contributed by atoms with Crippen molar-refractivity contribution in [2.24, 2.45) is 5.41 Å². The van der Waals surface area contributed by atoms with Gasteiger partial charge in [0.25, 0.3) is 0 Å². The summed E-state index contributed by atoms with van der Waals surface area (Å²) in [6.45, 7) is 8.37. The highest BCUT2D eigenvalue weighted by Crippen LogP contribution is 2.38. The van der Waals surface area contributed by atoms with Crippen LogP contribution in [0, 0.1) is 5.41 Å². The van der Waals surface area contributed by atoms with E-state index in [0.29, 0.717) is 18.8 Å². The quantitative estimate of drug-likeness (QED) is 0.931. The van der Waals surface area contributed by atoms with Crippen molar-refractivity contribution >= 4 is 0 Å². The van der Waals surface area contributed by atoms with Gasteiger partial charge in [0.2, 0.25) is 0 Å². The molecule has 0 radical (unpaired) electrons. The van der Waals surface area contributed by atoms with Crippen molar-refractivity contribution in [3.05, 3.63) is 22.8 Å². The Balaban J connectivity index is 2.54. The summed E-state index contributed by atoms with van der Waals surface area (Å²) in [5.41, 5.74) is -0.669. The average molecular weight is 303 g/mol. The Bertz CT molecular complexity index is 523. The number of fused-ring (bicyclic) bond motifs is 1. The lowest BCUT2D eigenvalue weighted by molar-refractivity contribution is -0.142. The zero-order valence-electron chi connectivity index (χ0n) is 12.6. The van der Waals surface area contributed by atoms with Gasteiger partial charge in [-0.2, -0.15) is 13.2 Å². The Morgan fingerprint density at radius 1 is 1.19 bits per heavy atom. The number of ether oxygens (including phenoxy) is 1. The lowest BCUT2D eigenvalue weighted by atomic mass is 9.88. The molecule has 1 unspecified atom stereocenters. The summed E-state index contributed by atoms with van der Waals surface area (Å²) in [6, 6.07) is 0. The largest absolute Gasteiger partial charge is 0.433 e. The molecule has 118 valence electrons. The first-order valence-corrected chi connectivity index (χ1v) is 6.93. The number of hydrogen-bond acceptors (Lipinski definition) is 4. The van der Waals surface area contributed by atoms with Crippen molar-refractivity contribution in [2.75, 3.05) is 6.61 Å². The number of hydrogen-bond donors (Lipinski definition) is 1. The molecule has 0 amide bonds. The van der Waals surface area contributed by atoms with E-state index in [0.717, 1.165) is 0 Å². The van der Waals surface area contributed by atoms with Crippen molar-refractivity contribution < 1.29 is 17.9 Å². The van der Waals surface area contributed by atoms with Crippen LogP contribution in [0.1, 0.15) is 56.6 Å². The summed E-state index contributed by atoms with van der Waals surface area (Å²) >= 11 is 0. The molecule has 0 saturated carbocycles. The number of halogens is 3. The van der Waals surface area contributed by atoms with E-state index in [9.17, 15) is 13.2 Å². The first kappa shape index (κ1) is 16.2. The normalized spacial score (nSPS) is 16.9. The van der Waals surface area contributed by atoms with E-state index in [1.807, 2.05) is 20.8 Å². The Labute approximate surface area is 122 Å². The van der Waals surface area contributed by atoms with Crippen LogP contribution in [0.15, 0.2) is 0 Å². The standard InChI is InChI=1S/C14H20F3N3O/c1-5-21-11(13(2,3)4)12-19-9-7-18-6-8(9)10(20-12)14(15,16)17/h11,18H,5-7H2,1-4H3. The minimum absolute atomic E-state index is 0.110. The Morgan fingerprint density at radius 2 is 1.86 bits per heavy atom. The fourth-order valence-corrected chi connectivity index (χ4v) is 2.42. The molecule has 1 atom stereocenters. The zero-order valence-corrected chi connectivity index (χ0v) is 12.6. The van der Waals surface area contributed by atoms with Crippen molar-refractivity contribution in [2.45, 2.75) is 53.1 Å². The predicted octanol–water partition coefficient (Wildman–Crippen LogP) is 3.22. The van der Waals surface area contributed by atoms with Gasteiger partial charge in [0.1, 0.15) is 6.10 Å². The van der Waals surface area contributed by atoms with Crippen molar-refractivity contribution in [1.29, 1.82) is 0 Å². The first-order valence-electron chi connectivity index (χ1n) is 6.93. The van der Waals surface area contributed by atoms with Crippen molar-refractivity contribution in [3.63, 3.8) is 0 Å². The molecule has 0 fully saturated rings. The van der Waals surface area contributed by atoms with Crippen LogP contribution in [-0.2, 0) is 24.0 Å². The highest BCUT2D eigenvalue weighted by molar-refractivity contribution is 5.31. The minimum Gasteiger partial charge on any atom is -0.370 e. The second-order valence-corrected chi connectivity index (χ2v) is 6.16. The Hall–Kier alpha value is -1.21. The monoisotopic (exact) mass is 303 g/mol. The molecule has 2 rings (SSSR count). The molecule has 0 bridgehead atoms. The second-order valence-electron chi connectivity index (χ2n) is 6.16. The molecule has 2 heterocycles. The molecular formula is C14H20F3N3O. The summed E-state index contributed by atoms with van der Waals surface area (Å²) in [6.07, 6.45) is -5.06. The number of rotatable bonds is 3. The summed E-state index contributed by atoms with van der Waals surface area (Å²) in [4.78, 5) is 8.11. The maximum Gasteiger partial charge on any atom is 0.433 e. The molecule has 1 N–H and O–H groups in total. The zero-order chi connectivity index (χ0) is 15.8. The lowest BCUT2D eigenvalue weighted by Gasteiger charge is -2.29. The topological polar surface area (TPSA) is 47.0 Å². The molecule has 0 spiro atoms. The van der Waals surface area contributed by atoms with Gasteiger partial charge in [0.15, 0.2) is 11.5 Å². The smallest absolute Gasteiger partial charge is 0.370 e. The van der Waals surface area contributed by atoms with Crippen LogP contribution in [0.2, 0.25) is 0 Å². The molecule has 7 heteroatoms. The fourth-order valence-electron chi connectivity index (χ4n) is 2.42. The molecule has 1 aliphatic heterocycles. The van der Waals surface area contributed by atoms with Crippen molar-refractivity contribution in [3.8, 4) is 0 Å². The van der Waals surface area contributed by atoms with Gasteiger partial charge in [-0.25, -0.2) is 9.97 Å². The van der Waals surface area contributed by atoms with E-state index in [1.54, 1.807) is 6.92 Å². The van der Waals surface area contributed by atoms with Crippen LogP contribution in [0.25, 0.3) is 0 Å². The van der Waals surface area contributed by atoms with Crippen molar-refractivity contribution in [1.82, 2.24) is 15.3 Å². The number of nitrogens with one attached hydrogen (secondary N) is 1. The van der Waals surface area contributed by atoms with E-state index >= 15 is 0 Å². The van der Waals surface area contributed by atoms with E-state index in [2.05, 4.69) is 15.3 Å². The Kier molecular flexibility index (Phi) is 4.26. The maximum absolute atomic E-state index is 13.2. The molecule has 0 aromatic carbocycles. The highest BCUT2D eigenvalue weighted by Gasteiger charge is 2.40. The summed E-state index contributed by atoms with van der Waals surface area (Å²) in [5.74, 6) is 0.110. The molecule has 4 nitrogen and oxygen atoms in total. The van der Waals surface area contributed by atoms with E-state index in [-0.39, 0.29) is 23.3 Å². The number of alkyl halides is 3. The SMILES string of the molecule is CCOC(c1nc2c(c(C(F)(F)F)n1)CNC2)C(C)(C)C. The van der Waals surface area contributed by atoms with Crippen LogP contribution < -0.4 is 5.32 Å². The van der Waals surface area contributed by atoms with Gasteiger partial charge in [-0.05, 0) is 12.3 Å². The van der Waals surface area contributed by atoms with Gasteiger partial charge in [0, 0.05) is 25.3 Å². The number of nitrogens with zero attached hydrogens (tertiary/aromatic N) is 2. The molecule has 21 heavy (non-hydrogen) atoms. The van der Waals surface area contributed by atoms with Crippen LogP contribution in [0.3, 0.4) is 0 Å². The van der Waals surface area contributed by atoms with Crippen LogP contribution >= 0.6 is 0 Å². The third-order valence-electron chi connectivity index (χ3n) is 3.33. The maximum atomic E-state index is 13.2. The average Bonchev–Trinajstić information content (AvgIpc) is 2.79. The third kappa shape index (κ3) is 3.35. The van der Waals surface area contributed by atoms with Gasteiger partial charge in [0.05, 0.1) is 5.69 Å². The summed E-state index contributed by atoms with van der Waals surface area (Å²) in [5, 5.41) is 2.89. The summed E-state index contributed by atoms with van der Waals surface area (Å²) in [7, 11) is 0. The van der Waals surface area contributed by atoms with Crippen LogP contribution in [0.4, 0.5) is 13.2 Å². The molecule has 1 aliphatic rings. The minimum atomic E-state index is -4.48. The molecular weight excluding hydrogens is 283 g/mol. The third-order valence-corrected chi connectivity index (χ3v) is 3.33. The van der Waals surface area contributed by atoms with Gasteiger partial charge in [-0.1, -0.05) is 20.8 Å². The number of aromatic nitrogens is 2. The summed E-state index contributed by atoms with van der Waals surface area (Å²) < 4.78 is 45.2. The van der Waals surface area contributed by atoms with Gasteiger partial charge in [-0.15, -0.1) is 0 Å². The van der Waals surface area contributed by atoms with E-state index in [4.69, 9.17) is 4.74 Å². The molecule has 0 aliphatic carbocycles. The second kappa shape index (κ2) is 5.53. The van der Waals surface area contributed by atoms with E-state index < -0.39 is 18.0 Å². The van der Waals surface area contributed by atoms with Gasteiger partial charge >= 0.3 is 6.18 Å². The van der Waals surface area contributed by atoms with Gasteiger partial charge < -0.3 is 10.1 Å². The Morgan fingerprint density at radius 3 is 2.38 bits per heavy atom. The van der Waals surface area contributed by atoms with E-state index in [1.165, 1.54) is 0 Å². The van der Waals surface area contributed by atoms with Gasteiger partial charge in [-0.3, -0.25) is 0 Å². The van der Waals surface area contributed by atoms with Crippen LogP contribution in [-0.4, -0.2) is 16.6 Å². The molecule has 1 aromatic rings. The lowest BCUT2D eigenvalue weighted by Crippen LogP contribution is -2.26. The fraction of sp³-hybridized carbons (Fsp3) is 0.714. The predicted molar refractivity (Wildman–Crippen MR) is 71.4 cm³/mol. The highest BCUT2D eigenvalue weighted by atomic mass is 19.4. The molecule has 0 saturated heterocycles. The van der Waals surface area contributed by atoms with Crippen LogP contribution in [0.5, 0.6) is 0 Å². The first-order chi connectivity index (χ1) is 9.64. The molecule has 1 aromatic heterocycles.